The third-order valence-electron chi connectivity index (χ3n) is 4.74. The highest BCUT2D eigenvalue weighted by Gasteiger charge is 2.44. The first-order valence-corrected chi connectivity index (χ1v) is 7.70. The van der Waals surface area contributed by atoms with Gasteiger partial charge in [0, 0.05) is 7.05 Å². The molecule has 0 amide bonds. The van der Waals surface area contributed by atoms with E-state index in [0.717, 1.165) is 28.9 Å². The van der Waals surface area contributed by atoms with Crippen molar-refractivity contribution in [3.63, 3.8) is 0 Å². The summed E-state index contributed by atoms with van der Waals surface area (Å²) in [7, 11) is 6.03. The van der Waals surface area contributed by atoms with Gasteiger partial charge < -0.3 is 10.0 Å². The fourth-order valence-corrected chi connectivity index (χ4v) is 3.77. The van der Waals surface area contributed by atoms with Crippen molar-refractivity contribution >= 4 is 15.9 Å². The normalized spacial score (nSPS) is 29.7. The van der Waals surface area contributed by atoms with E-state index in [4.69, 9.17) is 0 Å². The second kappa shape index (κ2) is 5.54. The van der Waals surface area contributed by atoms with Crippen molar-refractivity contribution in [3.05, 3.63) is 16.4 Å². The molecule has 1 N–H and O–H groups in total. The molecule has 19 heavy (non-hydrogen) atoms. The summed E-state index contributed by atoms with van der Waals surface area (Å²) in [5.41, 5.74) is 0.700. The standard InChI is InChI=1S/C14H24BrN3O/c1-10-5-7-14(8-6-10,17(2)3)13(19)12-11(15)9-16-18(12)4/h9-10,13,19H,5-8H2,1-4H3. The van der Waals surface area contributed by atoms with E-state index in [1.54, 1.807) is 10.9 Å². The maximum atomic E-state index is 11.0. The summed E-state index contributed by atoms with van der Waals surface area (Å²) in [5, 5.41) is 15.2. The SMILES string of the molecule is CC1CCC(C(O)c2c(Br)cnn2C)(N(C)C)CC1. The van der Waals surface area contributed by atoms with E-state index >= 15 is 0 Å². The van der Waals surface area contributed by atoms with Crippen LogP contribution in [-0.4, -0.2) is 39.4 Å². The Balaban J connectivity index is 2.35. The van der Waals surface area contributed by atoms with Gasteiger partial charge in [-0.1, -0.05) is 6.92 Å². The molecule has 1 aliphatic rings. The highest BCUT2D eigenvalue weighted by atomic mass is 79.9. The third-order valence-corrected chi connectivity index (χ3v) is 5.35. The topological polar surface area (TPSA) is 41.3 Å². The molecule has 0 aromatic carbocycles. The first kappa shape index (κ1) is 15.0. The Bertz CT molecular complexity index is 416. The number of aliphatic hydroxyl groups is 1. The Labute approximate surface area is 123 Å². The Kier molecular flexibility index (Phi) is 4.38. The van der Waals surface area contributed by atoms with Crippen LogP contribution in [0.1, 0.15) is 44.4 Å². The number of hydrogen-bond acceptors (Lipinski definition) is 3. The van der Waals surface area contributed by atoms with Gasteiger partial charge in [0.15, 0.2) is 0 Å². The quantitative estimate of drug-likeness (QED) is 0.927. The maximum absolute atomic E-state index is 11.0. The summed E-state index contributed by atoms with van der Waals surface area (Å²) in [6.45, 7) is 2.30. The minimum absolute atomic E-state index is 0.178. The largest absolute Gasteiger partial charge is 0.385 e. The zero-order valence-corrected chi connectivity index (χ0v) is 13.8. The summed E-state index contributed by atoms with van der Waals surface area (Å²) in [5.74, 6) is 0.759. The molecule has 1 aliphatic carbocycles. The lowest BCUT2D eigenvalue weighted by atomic mass is 9.72. The van der Waals surface area contributed by atoms with E-state index < -0.39 is 6.10 Å². The third kappa shape index (κ3) is 2.60. The number of nitrogens with zero attached hydrogens (tertiary/aromatic N) is 3. The molecule has 0 radical (unpaired) electrons. The van der Waals surface area contributed by atoms with Gasteiger partial charge >= 0.3 is 0 Å². The predicted octanol–water partition coefficient (Wildman–Crippen LogP) is 2.73. The number of rotatable bonds is 3. The van der Waals surface area contributed by atoms with Crippen LogP contribution in [0.15, 0.2) is 10.7 Å². The molecule has 1 aromatic heterocycles. The van der Waals surface area contributed by atoms with Gasteiger partial charge in [0.2, 0.25) is 0 Å². The van der Waals surface area contributed by atoms with E-state index in [2.05, 4.69) is 46.9 Å². The zero-order chi connectivity index (χ0) is 14.2. The lowest BCUT2D eigenvalue weighted by Gasteiger charge is -2.47. The second-order valence-electron chi connectivity index (χ2n) is 6.08. The highest BCUT2D eigenvalue weighted by molar-refractivity contribution is 9.10. The Morgan fingerprint density at radius 2 is 2.05 bits per heavy atom. The molecule has 1 fully saturated rings. The van der Waals surface area contributed by atoms with Crippen LogP contribution >= 0.6 is 15.9 Å². The van der Waals surface area contributed by atoms with E-state index in [1.165, 1.54) is 12.8 Å². The second-order valence-corrected chi connectivity index (χ2v) is 6.94. The molecule has 1 heterocycles. The summed E-state index contributed by atoms with van der Waals surface area (Å²) in [6, 6.07) is 0. The molecular weight excluding hydrogens is 306 g/mol. The maximum Gasteiger partial charge on any atom is 0.115 e. The average molecular weight is 330 g/mol. The van der Waals surface area contributed by atoms with Gasteiger partial charge in [-0.2, -0.15) is 5.10 Å². The van der Waals surface area contributed by atoms with Gasteiger partial charge in [-0.15, -0.1) is 0 Å². The van der Waals surface area contributed by atoms with Crippen molar-refractivity contribution in [1.29, 1.82) is 0 Å². The van der Waals surface area contributed by atoms with Gasteiger partial charge in [0.05, 0.1) is 21.9 Å². The number of likely N-dealkylation sites (N-methyl/N-ethyl adjacent to an activating group) is 1. The van der Waals surface area contributed by atoms with E-state index in [0.29, 0.717) is 0 Å². The van der Waals surface area contributed by atoms with Crippen LogP contribution in [-0.2, 0) is 7.05 Å². The van der Waals surface area contributed by atoms with Crippen molar-refractivity contribution in [1.82, 2.24) is 14.7 Å². The highest BCUT2D eigenvalue weighted by Crippen LogP contribution is 2.44. The molecule has 2 rings (SSSR count). The van der Waals surface area contributed by atoms with Crippen molar-refractivity contribution in [3.8, 4) is 0 Å². The molecular formula is C14H24BrN3O. The molecule has 108 valence electrons. The lowest BCUT2D eigenvalue weighted by Crippen LogP contribution is -2.52. The number of halogens is 1. The number of hydrogen-bond donors (Lipinski definition) is 1. The number of aliphatic hydroxyl groups excluding tert-OH is 1. The first-order chi connectivity index (χ1) is 8.88. The minimum atomic E-state index is -0.517. The van der Waals surface area contributed by atoms with Gasteiger partial charge in [0.25, 0.3) is 0 Å². The molecule has 4 nitrogen and oxygen atoms in total. The van der Waals surface area contributed by atoms with Crippen LogP contribution in [0.5, 0.6) is 0 Å². The van der Waals surface area contributed by atoms with E-state index in [1.807, 2.05) is 7.05 Å². The monoisotopic (exact) mass is 329 g/mol. The van der Waals surface area contributed by atoms with Gasteiger partial charge in [-0.05, 0) is 61.6 Å². The molecule has 1 aromatic rings. The van der Waals surface area contributed by atoms with Crippen LogP contribution < -0.4 is 0 Å². The van der Waals surface area contributed by atoms with E-state index in [9.17, 15) is 5.11 Å². The lowest BCUT2D eigenvalue weighted by molar-refractivity contribution is -0.0448. The van der Waals surface area contributed by atoms with Crippen molar-refractivity contribution in [2.45, 2.75) is 44.2 Å². The van der Waals surface area contributed by atoms with Crippen molar-refractivity contribution < 1.29 is 5.11 Å². The van der Waals surface area contributed by atoms with E-state index in [-0.39, 0.29) is 5.54 Å². The molecule has 0 saturated heterocycles. The van der Waals surface area contributed by atoms with Crippen molar-refractivity contribution in [2.75, 3.05) is 14.1 Å². The fourth-order valence-electron chi connectivity index (χ4n) is 3.21. The molecule has 0 bridgehead atoms. The van der Waals surface area contributed by atoms with Crippen LogP contribution in [0, 0.1) is 5.92 Å². The molecule has 1 atom stereocenters. The minimum Gasteiger partial charge on any atom is -0.385 e. The van der Waals surface area contributed by atoms with Crippen molar-refractivity contribution in [2.24, 2.45) is 13.0 Å². The first-order valence-electron chi connectivity index (χ1n) is 6.91. The van der Waals surface area contributed by atoms with Gasteiger partial charge in [-0.25, -0.2) is 0 Å². The molecule has 5 heteroatoms. The Morgan fingerprint density at radius 1 is 1.47 bits per heavy atom. The van der Waals surface area contributed by atoms with Gasteiger partial charge in [0.1, 0.15) is 6.10 Å². The van der Waals surface area contributed by atoms with Crippen LogP contribution in [0.4, 0.5) is 0 Å². The summed E-state index contributed by atoms with van der Waals surface area (Å²) < 4.78 is 2.67. The zero-order valence-electron chi connectivity index (χ0n) is 12.2. The van der Waals surface area contributed by atoms with Gasteiger partial charge in [-0.3, -0.25) is 4.68 Å². The van der Waals surface area contributed by atoms with Crippen LogP contribution in [0.25, 0.3) is 0 Å². The molecule has 1 saturated carbocycles. The summed E-state index contributed by atoms with van der Waals surface area (Å²) >= 11 is 3.51. The van der Waals surface area contributed by atoms with Crippen LogP contribution in [0.2, 0.25) is 0 Å². The summed E-state index contributed by atoms with van der Waals surface area (Å²) in [4.78, 5) is 2.20. The molecule has 1 unspecified atom stereocenters. The number of aryl methyl sites for hydroxylation is 1. The smallest absolute Gasteiger partial charge is 0.115 e. The number of aromatic nitrogens is 2. The Hall–Kier alpha value is -0.390. The predicted molar refractivity (Wildman–Crippen MR) is 79.9 cm³/mol. The average Bonchev–Trinajstić information content (AvgIpc) is 2.69. The fraction of sp³-hybridized carbons (Fsp3) is 0.786. The molecule has 0 aliphatic heterocycles. The molecule has 0 spiro atoms. The Morgan fingerprint density at radius 3 is 2.47 bits per heavy atom. The summed E-state index contributed by atoms with van der Waals surface area (Å²) in [6.07, 6.45) is 5.64. The van der Waals surface area contributed by atoms with Crippen LogP contribution in [0.3, 0.4) is 0 Å².